The second-order valence-electron chi connectivity index (χ2n) is 5.09. The van der Waals surface area contributed by atoms with Crippen LogP contribution < -0.4 is 16.0 Å². The number of fused-ring (bicyclic) bond motifs is 1. The minimum atomic E-state index is -0.159. The Morgan fingerprint density at radius 2 is 2.14 bits per heavy atom. The maximum Gasteiger partial charge on any atom is 0.127 e. The van der Waals surface area contributed by atoms with E-state index in [9.17, 15) is 0 Å². The van der Waals surface area contributed by atoms with Gasteiger partial charge in [0.2, 0.25) is 0 Å². The van der Waals surface area contributed by atoms with Crippen LogP contribution in [-0.4, -0.2) is 6.61 Å². The van der Waals surface area contributed by atoms with Gasteiger partial charge in [0.1, 0.15) is 5.75 Å². The first-order chi connectivity index (χ1) is 10.2. The normalized spacial score (nSPS) is 15.2. The summed E-state index contributed by atoms with van der Waals surface area (Å²) in [4.78, 5) is 0. The zero-order valence-electron chi connectivity index (χ0n) is 11.4. The van der Waals surface area contributed by atoms with Crippen LogP contribution in [0.2, 0.25) is 5.02 Å². The van der Waals surface area contributed by atoms with Crippen molar-refractivity contribution in [1.29, 1.82) is 0 Å². The van der Waals surface area contributed by atoms with E-state index in [0.29, 0.717) is 5.02 Å². The molecule has 0 fully saturated rings. The Hall–Kier alpha value is -1.07. The van der Waals surface area contributed by atoms with Gasteiger partial charge >= 0.3 is 0 Å². The Balaban J connectivity index is 2.08. The number of benzene rings is 2. The topological polar surface area (TPSA) is 47.3 Å². The maximum absolute atomic E-state index is 6.15. The quantitative estimate of drug-likeness (QED) is 0.637. The lowest BCUT2D eigenvalue weighted by Gasteiger charge is -2.25. The van der Waals surface area contributed by atoms with Gasteiger partial charge in [-0.2, -0.15) is 0 Å². The molecule has 1 aliphatic rings. The highest BCUT2D eigenvalue weighted by Gasteiger charge is 2.22. The highest BCUT2D eigenvalue weighted by atomic mass is 79.9. The maximum atomic E-state index is 6.15. The number of nitrogens with one attached hydrogen (secondary N) is 1. The summed E-state index contributed by atoms with van der Waals surface area (Å²) in [5.41, 5.74) is 6.16. The van der Waals surface area contributed by atoms with Gasteiger partial charge in [0.25, 0.3) is 0 Å². The molecule has 1 atom stereocenters. The van der Waals surface area contributed by atoms with E-state index < -0.39 is 0 Å². The minimum absolute atomic E-state index is 0.159. The predicted octanol–water partition coefficient (Wildman–Crippen LogP) is 3.98. The van der Waals surface area contributed by atoms with Crippen molar-refractivity contribution in [3.8, 4) is 5.75 Å². The molecule has 0 amide bonds. The molecule has 0 radical (unpaired) electrons. The SMILES string of the molecule is NNC(c1cc(Cl)cc(Br)c1)c1cccc2c1OCCC2. The van der Waals surface area contributed by atoms with Gasteiger partial charge in [-0.15, -0.1) is 0 Å². The zero-order chi connectivity index (χ0) is 14.8. The molecule has 2 aromatic rings. The minimum Gasteiger partial charge on any atom is -0.493 e. The molecule has 21 heavy (non-hydrogen) atoms. The lowest BCUT2D eigenvalue weighted by atomic mass is 9.94. The number of hydrazine groups is 1. The average molecular weight is 368 g/mol. The molecule has 1 aliphatic heterocycles. The average Bonchev–Trinajstić information content (AvgIpc) is 2.47. The van der Waals surface area contributed by atoms with Crippen LogP contribution in [0.4, 0.5) is 0 Å². The summed E-state index contributed by atoms with van der Waals surface area (Å²) in [6, 6.07) is 11.8. The number of ether oxygens (including phenoxy) is 1. The Kier molecular flexibility index (Phi) is 4.50. The molecular weight excluding hydrogens is 352 g/mol. The lowest BCUT2D eigenvalue weighted by molar-refractivity contribution is 0.283. The molecule has 110 valence electrons. The standard InChI is InChI=1S/C16H16BrClN2O/c17-12-7-11(8-13(18)9-12)15(20-19)14-5-1-3-10-4-2-6-21-16(10)14/h1,3,5,7-9,15,20H,2,4,6,19H2. The molecule has 0 aromatic heterocycles. The van der Waals surface area contributed by atoms with E-state index in [1.54, 1.807) is 0 Å². The van der Waals surface area contributed by atoms with Crippen LogP contribution in [-0.2, 0) is 6.42 Å². The Morgan fingerprint density at radius 1 is 1.29 bits per heavy atom. The van der Waals surface area contributed by atoms with Crippen LogP contribution >= 0.6 is 27.5 Å². The highest BCUT2D eigenvalue weighted by molar-refractivity contribution is 9.10. The third-order valence-corrected chi connectivity index (χ3v) is 4.34. The Morgan fingerprint density at radius 3 is 2.90 bits per heavy atom. The number of hydrogen-bond donors (Lipinski definition) is 2. The van der Waals surface area contributed by atoms with Crippen molar-refractivity contribution in [1.82, 2.24) is 5.43 Å². The number of hydrogen-bond acceptors (Lipinski definition) is 3. The van der Waals surface area contributed by atoms with Gasteiger partial charge in [0.05, 0.1) is 12.6 Å². The molecule has 5 heteroatoms. The van der Waals surface area contributed by atoms with Crippen molar-refractivity contribution in [2.75, 3.05) is 6.61 Å². The van der Waals surface area contributed by atoms with Crippen LogP contribution in [0.15, 0.2) is 40.9 Å². The second kappa shape index (κ2) is 6.36. The molecule has 3 rings (SSSR count). The van der Waals surface area contributed by atoms with Crippen LogP contribution in [0.25, 0.3) is 0 Å². The van der Waals surface area contributed by atoms with E-state index in [2.05, 4.69) is 27.4 Å². The third kappa shape index (κ3) is 3.09. The first kappa shape index (κ1) is 14.9. The van der Waals surface area contributed by atoms with Gasteiger partial charge in [-0.1, -0.05) is 45.7 Å². The number of rotatable bonds is 3. The summed E-state index contributed by atoms with van der Waals surface area (Å²) >= 11 is 9.63. The molecule has 0 spiro atoms. The van der Waals surface area contributed by atoms with Gasteiger partial charge in [0, 0.05) is 15.1 Å². The highest BCUT2D eigenvalue weighted by Crippen LogP contribution is 2.36. The van der Waals surface area contributed by atoms with Gasteiger partial charge in [-0.25, -0.2) is 5.43 Å². The third-order valence-electron chi connectivity index (χ3n) is 3.66. The van der Waals surface area contributed by atoms with Crippen molar-refractivity contribution >= 4 is 27.5 Å². The Bertz CT molecular complexity index is 642. The van der Waals surface area contributed by atoms with Crippen molar-refractivity contribution < 1.29 is 4.74 Å². The molecule has 3 nitrogen and oxygen atoms in total. The second-order valence-corrected chi connectivity index (χ2v) is 6.44. The summed E-state index contributed by atoms with van der Waals surface area (Å²) in [6.45, 7) is 0.751. The fourth-order valence-electron chi connectivity index (χ4n) is 2.75. The molecule has 1 unspecified atom stereocenters. The fraction of sp³-hybridized carbons (Fsp3) is 0.250. The van der Waals surface area contributed by atoms with E-state index in [-0.39, 0.29) is 6.04 Å². The van der Waals surface area contributed by atoms with Crippen molar-refractivity contribution in [2.45, 2.75) is 18.9 Å². The largest absolute Gasteiger partial charge is 0.493 e. The molecule has 3 N–H and O–H groups in total. The van der Waals surface area contributed by atoms with E-state index in [1.807, 2.05) is 30.3 Å². The molecule has 2 aromatic carbocycles. The van der Waals surface area contributed by atoms with E-state index in [0.717, 1.165) is 40.8 Å². The fourth-order valence-corrected chi connectivity index (χ4v) is 3.64. The van der Waals surface area contributed by atoms with Crippen molar-refractivity contribution in [2.24, 2.45) is 5.84 Å². The lowest BCUT2D eigenvalue weighted by Crippen LogP contribution is -2.29. The van der Waals surface area contributed by atoms with E-state index >= 15 is 0 Å². The number of para-hydroxylation sites is 1. The van der Waals surface area contributed by atoms with E-state index in [4.69, 9.17) is 22.2 Å². The molecule has 0 saturated carbocycles. The van der Waals surface area contributed by atoms with E-state index in [1.165, 1.54) is 5.56 Å². The van der Waals surface area contributed by atoms with Gasteiger partial charge in [-0.3, -0.25) is 5.84 Å². The summed E-state index contributed by atoms with van der Waals surface area (Å²) in [6.07, 6.45) is 2.10. The van der Waals surface area contributed by atoms with Gasteiger partial charge < -0.3 is 4.74 Å². The summed E-state index contributed by atoms with van der Waals surface area (Å²) in [7, 11) is 0. The Labute approximate surface area is 137 Å². The predicted molar refractivity (Wildman–Crippen MR) is 88.6 cm³/mol. The summed E-state index contributed by atoms with van der Waals surface area (Å²) in [5, 5.41) is 0.672. The number of aryl methyl sites for hydroxylation is 1. The first-order valence-corrected chi connectivity index (χ1v) is 8.03. The van der Waals surface area contributed by atoms with Crippen molar-refractivity contribution in [3.63, 3.8) is 0 Å². The molecule has 1 heterocycles. The van der Waals surface area contributed by atoms with Gasteiger partial charge in [0.15, 0.2) is 0 Å². The molecule has 0 bridgehead atoms. The molecular formula is C16H16BrClN2O. The van der Waals surface area contributed by atoms with Gasteiger partial charge in [-0.05, 0) is 42.2 Å². The monoisotopic (exact) mass is 366 g/mol. The van der Waals surface area contributed by atoms with Crippen LogP contribution in [0.5, 0.6) is 5.75 Å². The van der Waals surface area contributed by atoms with Crippen LogP contribution in [0.1, 0.15) is 29.2 Å². The smallest absolute Gasteiger partial charge is 0.127 e. The number of nitrogens with two attached hydrogens (primary N) is 1. The van der Waals surface area contributed by atoms with Crippen LogP contribution in [0.3, 0.4) is 0 Å². The first-order valence-electron chi connectivity index (χ1n) is 6.86. The summed E-state index contributed by atoms with van der Waals surface area (Å²) in [5.74, 6) is 6.75. The molecule has 0 aliphatic carbocycles. The number of halogens is 2. The van der Waals surface area contributed by atoms with Crippen LogP contribution in [0, 0.1) is 0 Å². The molecule has 0 saturated heterocycles. The summed E-state index contributed by atoms with van der Waals surface area (Å²) < 4.78 is 6.81. The zero-order valence-corrected chi connectivity index (χ0v) is 13.7. The van der Waals surface area contributed by atoms with Crippen molar-refractivity contribution in [3.05, 3.63) is 62.6 Å².